The first-order valence-corrected chi connectivity index (χ1v) is 18.2. The molecule has 14 heteroatoms. The van der Waals surface area contributed by atoms with Gasteiger partial charge in [0.1, 0.15) is 12.1 Å². The number of benzene rings is 3. The number of fused-ring (bicyclic) bond motifs is 1. The van der Waals surface area contributed by atoms with Gasteiger partial charge in [0.05, 0.1) is 4.88 Å². The largest absolute Gasteiger partial charge is 0.399 e. The third-order valence-electron chi connectivity index (χ3n) is 7.98. The van der Waals surface area contributed by atoms with E-state index in [1.807, 2.05) is 54.6 Å². The van der Waals surface area contributed by atoms with Crippen LogP contribution in [0, 0.1) is 8.99 Å². The number of anilines is 2. The molecule has 1 aliphatic heterocycles. The molecular formula is C33H33F2IN3O6PS. The lowest BCUT2D eigenvalue weighted by Gasteiger charge is -2.36. The van der Waals surface area contributed by atoms with Crippen molar-refractivity contribution in [1.29, 1.82) is 0 Å². The minimum absolute atomic E-state index is 0.127. The quantitative estimate of drug-likeness (QED) is 0.128. The molecule has 2 atom stereocenters. The van der Waals surface area contributed by atoms with Gasteiger partial charge in [-0.25, -0.2) is 0 Å². The zero-order valence-corrected chi connectivity index (χ0v) is 29.6. The summed E-state index contributed by atoms with van der Waals surface area (Å²) in [5.41, 5.74) is -4.72. The molecule has 0 aliphatic carbocycles. The number of carbonyl (C=O) groups is 3. The van der Waals surface area contributed by atoms with Crippen molar-refractivity contribution in [2.45, 2.75) is 51.4 Å². The van der Waals surface area contributed by atoms with Crippen LogP contribution in [0.2, 0.25) is 0 Å². The van der Waals surface area contributed by atoms with Crippen molar-refractivity contribution >= 4 is 80.7 Å². The normalized spacial score (nSPS) is 16.3. The van der Waals surface area contributed by atoms with Crippen LogP contribution in [0.3, 0.4) is 0 Å². The van der Waals surface area contributed by atoms with Gasteiger partial charge in [-0.2, -0.15) is 8.78 Å². The number of halogens is 3. The number of rotatable bonds is 8. The van der Waals surface area contributed by atoms with Crippen molar-refractivity contribution in [3.8, 4) is 0 Å². The maximum absolute atomic E-state index is 14.3. The average Bonchev–Trinajstić information content (AvgIpc) is 3.67. The van der Waals surface area contributed by atoms with E-state index in [0.29, 0.717) is 35.5 Å². The van der Waals surface area contributed by atoms with Crippen LogP contribution in [0.5, 0.6) is 0 Å². The van der Waals surface area contributed by atoms with Gasteiger partial charge in [0.2, 0.25) is 5.91 Å². The summed E-state index contributed by atoms with van der Waals surface area (Å²) in [6.45, 7) is 5.72. The Morgan fingerprint density at radius 3 is 2.26 bits per heavy atom. The first-order chi connectivity index (χ1) is 22.0. The molecule has 1 aliphatic rings. The van der Waals surface area contributed by atoms with Gasteiger partial charge in [-0.3, -0.25) is 23.8 Å². The molecule has 0 bridgehead atoms. The number of thiophene rings is 1. The molecule has 0 spiro atoms. The van der Waals surface area contributed by atoms with E-state index in [0.717, 1.165) is 27.0 Å². The molecule has 4 aromatic rings. The van der Waals surface area contributed by atoms with Crippen LogP contribution in [0.15, 0.2) is 78.9 Å². The SMILES string of the molecule is CC(C)(C)C(NC(=O)c1cc2cc(C(F)(F)P(=O)(O)O)ccc2s1)C(=O)N1CCC[C@H]1C(=O)N(c1ccccc1)c1ccc(I)cc1. The van der Waals surface area contributed by atoms with Crippen LogP contribution in [0.25, 0.3) is 10.1 Å². The molecule has 1 unspecified atom stereocenters. The van der Waals surface area contributed by atoms with Gasteiger partial charge in [0, 0.05) is 31.8 Å². The molecule has 1 aromatic heterocycles. The van der Waals surface area contributed by atoms with Crippen LogP contribution in [-0.4, -0.2) is 51.0 Å². The summed E-state index contributed by atoms with van der Waals surface area (Å²) in [4.78, 5) is 63.5. The number of carbonyl (C=O) groups excluding carboxylic acids is 3. The standard InChI is InChI=1S/C33H33F2IN3O6PS/c1-32(2,3)28(37-29(40)27-19-20-18-21(11-16-26(20)47-27)33(34,35)46(43,44)45)31(42)38-17-7-10-25(38)30(41)39(23-8-5-4-6-9-23)24-14-12-22(36)13-15-24/h4-6,8-9,11-16,18-19,25,28H,7,10,17H2,1-3H3,(H,37,40)(H2,43,44,45)/t25-,28?/m0/s1. The molecule has 3 amide bonds. The highest BCUT2D eigenvalue weighted by atomic mass is 127. The predicted molar refractivity (Wildman–Crippen MR) is 186 cm³/mol. The molecular weight excluding hydrogens is 762 g/mol. The van der Waals surface area contributed by atoms with Gasteiger partial charge in [0.25, 0.3) is 11.8 Å². The number of likely N-dealkylation sites (tertiary alicyclic amines) is 1. The topological polar surface area (TPSA) is 127 Å². The summed E-state index contributed by atoms with van der Waals surface area (Å²) < 4.78 is 41.5. The van der Waals surface area contributed by atoms with Crippen molar-refractivity contribution in [1.82, 2.24) is 10.2 Å². The van der Waals surface area contributed by atoms with E-state index in [4.69, 9.17) is 9.79 Å². The highest BCUT2D eigenvalue weighted by Gasteiger charge is 2.50. The van der Waals surface area contributed by atoms with Crippen molar-refractivity contribution in [2.75, 3.05) is 11.4 Å². The summed E-state index contributed by atoms with van der Waals surface area (Å²) in [5, 5.41) is 3.02. The molecule has 1 fully saturated rings. The molecule has 3 N–H and O–H groups in total. The average molecular weight is 796 g/mol. The molecule has 248 valence electrons. The van der Waals surface area contributed by atoms with E-state index in [1.165, 1.54) is 17.0 Å². The summed E-state index contributed by atoms with van der Waals surface area (Å²) in [6, 6.07) is 19.4. The summed E-state index contributed by atoms with van der Waals surface area (Å²) in [6.07, 6.45) is 1.04. The Balaban J connectivity index is 1.41. The molecule has 47 heavy (non-hydrogen) atoms. The van der Waals surface area contributed by atoms with Crippen LogP contribution in [0.4, 0.5) is 20.2 Å². The molecule has 0 saturated carbocycles. The fourth-order valence-corrected chi connectivity index (χ4v) is 7.32. The number of nitrogens with zero attached hydrogens (tertiary/aromatic N) is 2. The van der Waals surface area contributed by atoms with Crippen LogP contribution in [0.1, 0.15) is 48.8 Å². The van der Waals surface area contributed by atoms with E-state index in [9.17, 15) is 27.7 Å². The number of para-hydroxylation sites is 1. The fraction of sp³-hybridized carbons (Fsp3) is 0.303. The van der Waals surface area contributed by atoms with Crippen LogP contribution < -0.4 is 10.2 Å². The Kier molecular flexibility index (Phi) is 9.96. The lowest BCUT2D eigenvalue weighted by Crippen LogP contribution is -2.57. The Labute approximate surface area is 288 Å². The smallest absolute Gasteiger partial charge is 0.339 e. The number of alkyl halides is 2. The van der Waals surface area contributed by atoms with Gasteiger partial charge >= 0.3 is 13.3 Å². The number of hydrogen-bond acceptors (Lipinski definition) is 5. The second kappa shape index (κ2) is 13.3. The maximum atomic E-state index is 14.3. The van der Waals surface area contributed by atoms with Gasteiger partial charge in [-0.05, 0) is 101 Å². The summed E-state index contributed by atoms with van der Waals surface area (Å²) in [7, 11) is -5.77. The van der Waals surface area contributed by atoms with Crippen molar-refractivity contribution in [2.24, 2.45) is 5.41 Å². The monoisotopic (exact) mass is 795 g/mol. The van der Waals surface area contributed by atoms with E-state index in [2.05, 4.69) is 27.9 Å². The molecule has 0 radical (unpaired) electrons. The lowest BCUT2D eigenvalue weighted by atomic mass is 9.85. The second-order valence-electron chi connectivity index (χ2n) is 12.4. The molecule has 9 nitrogen and oxygen atoms in total. The first kappa shape index (κ1) is 35.1. The maximum Gasteiger partial charge on any atom is 0.399 e. The van der Waals surface area contributed by atoms with Gasteiger partial charge in [0.15, 0.2) is 0 Å². The van der Waals surface area contributed by atoms with E-state index in [1.54, 1.807) is 25.7 Å². The van der Waals surface area contributed by atoms with Crippen molar-refractivity contribution in [3.63, 3.8) is 0 Å². The first-order valence-electron chi connectivity index (χ1n) is 14.7. The minimum atomic E-state index is -5.77. The van der Waals surface area contributed by atoms with Crippen LogP contribution in [-0.2, 0) is 19.8 Å². The van der Waals surface area contributed by atoms with E-state index in [-0.39, 0.29) is 16.2 Å². The third kappa shape index (κ3) is 7.29. The molecule has 1 saturated heterocycles. The molecule has 5 rings (SSSR count). The van der Waals surface area contributed by atoms with Gasteiger partial charge in [-0.15, -0.1) is 11.3 Å². The van der Waals surface area contributed by atoms with Gasteiger partial charge in [-0.1, -0.05) is 45.0 Å². The van der Waals surface area contributed by atoms with Crippen molar-refractivity contribution in [3.05, 3.63) is 92.9 Å². The Hall–Kier alpha value is -3.23. The van der Waals surface area contributed by atoms with E-state index >= 15 is 0 Å². The van der Waals surface area contributed by atoms with Crippen LogP contribution >= 0.6 is 41.5 Å². The number of nitrogens with one attached hydrogen (secondary N) is 1. The Bertz CT molecular complexity index is 1860. The number of amides is 3. The number of hydrogen-bond donors (Lipinski definition) is 3. The zero-order valence-electron chi connectivity index (χ0n) is 25.7. The predicted octanol–water partition coefficient (Wildman–Crippen LogP) is 7.23. The second-order valence-corrected chi connectivity index (χ2v) is 16.4. The minimum Gasteiger partial charge on any atom is -0.339 e. The van der Waals surface area contributed by atoms with Gasteiger partial charge < -0.3 is 20.0 Å². The van der Waals surface area contributed by atoms with E-state index < -0.39 is 48.1 Å². The highest BCUT2D eigenvalue weighted by molar-refractivity contribution is 14.1. The third-order valence-corrected chi connectivity index (χ3v) is 10.8. The Morgan fingerprint density at radius 2 is 1.64 bits per heavy atom. The lowest BCUT2D eigenvalue weighted by molar-refractivity contribution is -0.140. The highest BCUT2D eigenvalue weighted by Crippen LogP contribution is 2.59. The fourth-order valence-electron chi connectivity index (χ4n) is 5.53. The molecule has 3 aromatic carbocycles. The van der Waals surface area contributed by atoms with Crippen molar-refractivity contribution < 1.29 is 37.5 Å². The summed E-state index contributed by atoms with van der Waals surface area (Å²) in [5.74, 6) is -1.30. The zero-order chi connectivity index (χ0) is 34.3. The molecule has 2 heterocycles. The summed E-state index contributed by atoms with van der Waals surface area (Å²) >= 11 is 3.19. The Morgan fingerprint density at radius 1 is 1.00 bits per heavy atom.